The van der Waals surface area contributed by atoms with Gasteiger partial charge in [-0.05, 0) is 6.07 Å². The summed E-state index contributed by atoms with van der Waals surface area (Å²) in [7, 11) is 0. The lowest BCUT2D eigenvalue weighted by Gasteiger charge is -2.36. The third-order valence-corrected chi connectivity index (χ3v) is 3.37. The predicted octanol–water partition coefficient (Wildman–Crippen LogP) is 0.334. The van der Waals surface area contributed by atoms with E-state index in [1.807, 2.05) is 0 Å². The second kappa shape index (κ2) is 5.10. The summed E-state index contributed by atoms with van der Waals surface area (Å²) in [6, 6.07) is 0.569. The first kappa shape index (κ1) is 13.7. The summed E-state index contributed by atoms with van der Waals surface area (Å²) in [5, 5.41) is -0.223. The standard InChI is InChI=1S/C11H14ClFN4O2/c12-8-5(14)3-6(15)10(9(8)13)17-1-2-19-4-7(17)11(16)18/h3,7H,1-2,4,14-15H2,(H2,16,18). The third kappa shape index (κ3) is 2.39. The Labute approximate surface area is 114 Å². The molecule has 0 saturated carbocycles. The fourth-order valence-corrected chi connectivity index (χ4v) is 2.20. The molecule has 2 rings (SSSR count). The molecule has 1 amide bonds. The number of amides is 1. The molecular formula is C11H14ClFN4O2. The number of nitrogens with two attached hydrogens (primary N) is 3. The monoisotopic (exact) mass is 288 g/mol. The molecule has 104 valence electrons. The number of anilines is 3. The van der Waals surface area contributed by atoms with E-state index in [4.69, 9.17) is 33.5 Å². The number of carbonyl (C=O) groups is 1. The van der Waals surface area contributed by atoms with E-state index in [-0.39, 0.29) is 35.2 Å². The summed E-state index contributed by atoms with van der Waals surface area (Å²) in [5.41, 5.74) is 16.8. The Kier molecular flexibility index (Phi) is 3.68. The number of hydrogen-bond acceptors (Lipinski definition) is 5. The van der Waals surface area contributed by atoms with Crippen LogP contribution in [0.3, 0.4) is 0 Å². The van der Waals surface area contributed by atoms with E-state index in [0.29, 0.717) is 6.61 Å². The molecule has 0 radical (unpaired) electrons. The average Bonchev–Trinajstić information content (AvgIpc) is 2.36. The van der Waals surface area contributed by atoms with Gasteiger partial charge in [0.15, 0.2) is 5.82 Å². The van der Waals surface area contributed by atoms with E-state index in [9.17, 15) is 9.18 Å². The van der Waals surface area contributed by atoms with Crippen LogP contribution in [0.2, 0.25) is 5.02 Å². The molecular weight excluding hydrogens is 275 g/mol. The van der Waals surface area contributed by atoms with Crippen molar-refractivity contribution in [2.75, 3.05) is 36.1 Å². The Morgan fingerprint density at radius 2 is 2.16 bits per heavy atom. The van der Waals surface area contributed by atoms with Crippen molar-refractivity contribution in [2.24, 2.45) is 5.73 Å². The van der Waals surface area contributed by atoms with Gasteiger partial charge in [0.1, 0.15) is 11.1 Å². The highest BCUT2D eigenvalue weighted by Crippen LogP contribution is 2.37. The van der Waals surface area contributed by atoms with Crippen molar-refractivity contribution in [1.82, 2.24) is 0 Å². The number of ether oxygens (including phenoxy) is 1. The number of benzene rings is 1. The van der Waals surface area contributed by atoms with Gasteiger partial charge in [-0.2, -0.15) is 0 Å². The van der Waals surface area contributed by atoms with Crippen LogP contribution in [0, 0.1) is 5.82 Å². The molecule has 0 aliphatic carbocycles. The highest BCUT2D eigenvalue weighted by atomic mass is 35.5. The highest BCUT2D eigenvalue weighted by molar-refractivity contribution is 6.33. The Morgan fingerprint density at radius 3 is 2.79 bits per heavy atom. The van der Waals surface area contributed by atoms with Crippen LogP contribution in [-0.2, 0) is 9.53 Å². The van der Waals surface area contributed by atoms with Gasteiger partial charge in [-0.15, -0.1) is 0 Å². The quantitative estimate of drug-likeness (QED) is 0.680. The molecule has 0 bridgehead atoms. The van der Waals surface area contributed by atoms with Crippen molar-refractivity contribution in [3.8, 4) is 0 Å². The van der Waals surface area contributed by atoms with Crippen molar-refractivity contribution in [1.29, 1.82) is 0 Å². The van der Waals surface area contributed by atoms with Gasteiger partial charge in [0.2, 0.25) is 5.91 Å². The SMILES string of the molecule is NC(=O)C1COCCN1c1c(N)cc(N)c(Cl)c1F. The second-order valence-electron chi connectivity index (χ2n) is 4.22. The van der Waals surface area contributed by atoms with E-state index < -0.39 is 17.8 Å². The van der Waals surface area contributed by atoms with Crippen LogP contribution in [0.1, 0.15) is 0 Å². The summed E-state index contributed by atoms with van der Waals surface area (Å²) in [4.78, 5) is 12.9. The van der Waals surface area contributed by atoms with Crippen LogP contribution < -0.4 is 22.1 Å². The number of rotatable bonds is 2. The maximum atomic E-state index is 14.2. The molecule has 1 fully saturated rings. The number of halogens is 2. The molecule has 0 spiro atoms. The molecule has 1 heterocycles. The Bertz CT molecular complexity index is 526. The van der Waals surface area contributed by atoms with Gasteiger partial charge in [-0.3, -0.25) is 4.79 Å². The van der Waals surface area contributed by atoms with Crippen molar-refractivity contribution in [3.63, 3.8) is 0 Å². The molecule has 1 aliphatic heterocycles. The predicted molar refractivity (Wildman–Crippen MR) is 71.4 cm³/mol. The molecule has 6 nitrogen and oxygen atoms in total. The normalized spacial score (nSPS) is 19.5. The fourth-order valence-electron chi connectivity index (χ4n) is 2.06. The number of primary amides is 1. The average molecular weight is 289 g/mol. The van der Waals surface area contributed by atoms with Crippen LogP contribution in [0.4, 0.5) is 21.5 Å². The molecule has 1 atom stereocenters. The van der Waals surface area contributed by atoms with Gasteiger partial charge < -0.3 is 26.8 Å². The molecule has 1 aromatic carbocycles. The number of nitrogen functional groups attached to an aromatic ring is 2. The Balaban J connectivity index is 2.50. The summed E-state index contributed by atoms with van der Waals surface area (Å²) in [5.74, 6) is -1.38. The largest absolute Gasteiger partial charge is 0.397 e. The molecule has 8 heteroatoms. The first-order valence-electron chi connectivity index (χ1n) is 5.60. The van der Waals surface area contributed by atoms with Crippen LogP contribution in [0.25, 0.3) is 0 Å². The van der Waals surface area contributed by atoms with E-state index in [1.165, 1.54) is 11.0 Å². The van der Waals surface area contributed by atoms with E-state index in [2.05, 4.69) is 0 Å². The first-order chi connectivity index (χ1) is 8.93. The fraction of sp³-hybridized carbons (Fsp3) is 0.364. The van der Waals surface area contributed by atoms with E-state index in [1.54, 1.807) is 0 Å². The minimum atomic E-state index is -0.787. The molecule has 1 unspecified atom stereocenters. The number of nitrogens with zero attached hydrogens (tertiary/aromatic N) is 1. The zero-order valence-electron chi connectivity index (χ0n) is 10.0. The van der Waals surface area contributed by atoms with Gasteiger partial charge in [-0.1, -0.05) is 11.6 Å². The molecule has 1 aromatic rings. The van der Waals surface area contributed by atoms with Gasteiger partial charge in [0, 0.05) is 6.54 Å². The topological polar surface area (TPSA) is 108 Å². The number of carbonyl (C=O) groups excluding carboxylic acids is 1. The smallest absolute Gasteiger partial charge is 0.242 e. The summed E-state index contributed by atoms with van der Waals surface area (Å²) in [6.07, 6.45) is 0. The van der Waals surface area contributed by atoms with Crippen LogP contribution in [0.15, 0.2) is 6.07 Å². The Morgan fingerprint density at radius 1 is 1.47 bits per heavy atom. The molecule has 1 saturated heterocycles. The van der Waals surface area contributed by atoms with Crippen LogP contribution in [-0.4, -0.2) is 31.7 Å². The van der Waals surface area contributed by atoms with Gasteiger partial charge in [-0.25, -0.2) is 4.39 Å². The maximum absolute atomic E-state index is 14.2. The van der Waals surface area contributed by atoms with Crippen LogP contribution >= 0.6 is 11.6 Å². The van der Waals surface area contributed by atoms with Gasteiger partial charge in [0.25, 0.3) is 0 Å². The van der Waals surface area contributed by atoms with Crippen molar-refractivity contribution >= 4 is 34.6 Å². The van der Waals surface area contributed by atoms with E-state index in [0.717, 1.165) is 0 Å². The number of hydrogen-bond donors (Lipinski definition) is 3. The minimum absolute atomic E-state index is 0.0336. The minimum Gasteiger partial charge on any atom is -0.397 e. The third-order valence-electron chi connectivity index (χ3n) is 2.98. The van der Waals surface area contributed by atoms with E-state index >= 15 is 0 Å². The Hall–Kier alpha value is -1.73. The molecule has 0 aromatic heterocycles. The molecule has 6 N–H and O–H groups in total. The van der Waals surface area contributed by atoms with Crippen molar-refractivity contribution in [3.05, 3.63) is 16.9 Å². The molecule has 19 heavy (non-hydrogen) atoms. The van der Waals surface area contributed by atoms with Gasteiger partial charge >= 0.3 is 0 Å². The second-order valence-corrected chi connectivity index (χ2v) is 4.60. The zero-order chi connectivity index (χ0) is 14.2. The summed E-state index contributed by atoms with van der Waals surface area (Å²) in [6.45, 7) is 0.704. The summed E-state index contributed by atoms with van der Waals surface area (Å²) >= 11 is 5.77. The maximum Gasteiger partial charge on any atom is 0.242 e. The lowest BCUT2D eigenvalue weighted by molar-refractivity contribution is -0.121. The lowest BCUT2D eigenvalue weighted by Crippen LogP contribution is -2.53. The number of morpholine rings is 1. The first-order valence-corrected chi connectivity index (χ1v) is 5.98. The highest BCUT2D eigenvalue weighted by Gasteiger charge is 2.32. The lowest BCUT2D eigenvalue weighted by atomic mass is 10.1. The summed E-state index contributed by atoms with van der Waals surface area (Å²) < 4.78 is 19.4. The zero-order valence-corrected chi connectivity index (χ0v) is 10.8. The molecule has 1 aliphatic rings. The van der Waals surface area contributed by atoms with Gasteiger partial charge in [0.05, 0.1) is 30.3 Å². The van der Waals surface area contributed by atoms with Crippen molar-refractivity contribution < 1.29 is 13.9 Å². The van der Waals surface area contributed by atoms with Crippen LogP contribution in [0.5, 0.6) is 0 Å². The van der Waals surface area contributed by atoms with Crippen molar-refractivity contribution in [2.45, 2.75) is 6.04 Å².